The van der Waals surface area contributed by atoms with E-state index in [0.717, 1.165) is 9.13 Å². The van der Waals surface area contributed by atoms with Crippen molar-refractivity contribution in [1.82, 2.24) is 0 Å². The van der Waals surface area contributed by atoms with E-state index in [2.05, 4.69) is 38.5 Å². The molecule has 0 saturated heterocycles. The van der Waals surface area contributed by atoms with Crippen molar-refractivity contribution < 1.29 is 4.39 Å². The van der Waals surface area contributed by atoms with Crippen molar-refractivity contribution in [2.24, 2.45) is 0 Å². The lowest BCUT2D eigenvalue weighted by atomic mass is 10.0. The third kappa shape index (κ3) is 3.25. The SMILES string of the molecule is Fc1cccc(Cl)c1CC(Br)c1ccccc1I. The first-order valence-electron chi connectivity index (χ1n) is 5.41. The van der Waals surface area contributed by atoms with Crippen LogP contribution in [-0.4, -0.2) is 0 Å². The minimum Gasteiger partial charge on any atom is -0.207 e. The van der Waals surface area contributed by atoms with Crippen LogP contribution in [0.15, 0.2) is 42.5 Å². The van der Waals surface area contributed by atoms with Gasteiger partial charge in [-0.25, -0.2) is 4.39 Å². The molecule has 0 spiro atoms. The Hall–Kier alpha value is -0.130. The highest BCUT2D eigenvalue weighted by Gasteiger charge is 2.15. The molecule has 0 aliphatic heterocycles. The van der Waals surface area contributed by atoms with E-state index in [1.54, 1.807) is 12.1 Å². The second kappa shape index (κ2) is 6.35. The largest absolute Gasteiger partial charge is 0.207 e. The van der Waals surface area contributed by atoms with Crippen LogP contribution in [0.3, 0.4) is 0 Å². The summed E-state index contributed by atoms with van der Waals surface area (Å²) in [7, 11) is 0. The van der Waals surface area contributed by atoms with E-state index in [-0.39, 0.29) is 10.6 Å². The molecule has 18 heavy (non-hydrogen) atoms. The third-order valence-electron chi connectivity index (χ3n) is 2.69. The lowest BCUT2D eigenvalue weighted by Crippen LogP contribution is -2.00. The van der Waals surface area contributed by atoms with Crippen molar-refractivity contribution in [3.05, 3.63) is 68.0 Å². The van der Waals surface area contributed by atoms with E-state index in [1.807, 2.05) is 24.3 Å². The van der Waals surface area contributed by atoms with Crippen molar-refractivity contribution in [3.63, 3.8) is 0 Å². The van der Waals surface area contributed by atoms with Gasteiger partial charge in [0.15, 0.2) is 0 Å². The molecule has 0 fully saturated rings. The molecule has 0 aromatic heterocycles. The lowest BCUT2D eigenvalue weighted by Gasteiger charge is -2.13. The highest BCUT2D eigenvalue weighted by molar-refractivity contribution is 14.1. The molecule has 2 aromatic rings. The Morgan fingerprint density at radius 1 is 1.17 bits per heavy atom. The molecule has 0 nitrogen and oxygen atoms in total. The number of hydrogen-bond acceptors (Lipinski definition) is 0. The van der Waals surface area contributed by atoms with E-state index in [0.29, 0.717) is 17.0 Å². The molecule has 0 aliphatic carbocycles. The fourth-order valence-corrected chi connectivity index (χ4v) is 3.90. The predicted molar refractivity (Wildman–Crippen MR) is 85.9 cm³/mol. The van der Waals surface area contributed by atoms with Crippen LogP contribution in [0.4, 0.5) is 4.39 Å². The molecule has 0 bridgehead atoms. The summed E-state index contributed by atoms with van der Waals surface area (Å²) in [6, 6.07) is 12.8. The Morgan fingerprint density at radius 3 is 2.56 bits per heavy atom. The van der Waals surface area contributed by atoms with Gasteiger partial charge in [-0.3, -0.25) is 0 Å². The Labute approximate surface area is 133 Å². The zero-order valence-corrected chi connectivity index (χ0v) is 13.8. The van der Waals surface area contributed by atoms with Gasteiger partial charge in [-0.05, 0) is 52.8 Å². The smallest absolute Gasteiger partial charge is 0.127 e. The molecule has 2 rings (SSSR count). The summed E-state index contributed by atoms with van der Waals surface area (Å²) in [5, 5.41) is 0.477. The highest BCUT2D eigenvalue weighted by atomic mass is 127. The van der Waals surface area contributed by atoms with E-state index >= 15 is 0 Å². The molecule has 1 atom stereocenters. The number of halogens is 4. The maximum atomic E-state index is 13.7. The summed E-state index contributed by atoms with van der Waals surface area (Å²) in [4.78, 5) is 0.0556. The molecule has 94 valence electrons. The van der Waals surface area contributed by atoms with Crippen molar-refractivity contribution in [2.75, 3.05) is 0 Å². The van der Waals surface area contributed by atoms with Crippen molar-refractivity contribution in [3.8, 4) is 0 Å². The standard InChI is InChI=1S/C14H10BrClFI/c15-11(9-4-1-2-7-14(9)18)8-10-12(16)5-3-6-13(10)17/h1-7,11H,8H2. The Kier molecular flexibility index (Phi) is 5.04. The summed E-state index contributed by atoms with van der Waals surface area (Å²) >= 11 is 11.9. The zero-order chi connectivity index (χ0) is 13.1. The Bertz CT molecular complexity index is 539. The fraction of sp³-hybridized carbons (Fsp3) is 0.143. The summed E-state index contributed by atoms with van der Waals surface area (Å²) < 4.78 is 14.9. The van der Waals surface area contributed by atoms with Gasteiger partial charge in [0.05, 0.1) is 0 Å². The molecule has 4 heteroatoms. The van der Waals surface area contributed by atoms with Gasteiger partial charge in [0.25, 0.3) is 0 Å². The summed E-state index contributed by atoms with van der Waals surface area (Å²) in [5.41, 5.74) is 1.71. The van der Waals surface area contributed by atoms with Gasteiger partial charge in [-0.2, -0.15) is 0 Å². The first-order valence-corrected chi connectivity index (χ1v) is 7.78. The predicted octanol–water partition coefficient (Wildman–Crippen LogP) is 5.76. The van der Waals surface area contributed by atoms with Gasteiger partial charge in [-0.1, -0.05) is 51.8 Å². The van der Waals surface area contributed by atoms with Crippen LogP contribution >= 0.6 is 50.1 Å². The van der Waals surface area contributed by atoms with E-state index in [4.69, 9.17) is 11.6 Å². The van der Waals surface area contributed by atoms with Gasteiger partial charge in [0.1, 0.15) is 5.82 Å². The average molecular weight is 439 g/mol. The first-order chi connectivity index (χ1) is 8.59. The van der Waals surface area contributed by atoms with Crippen LogP contribution in [-0.2, 0) is 6.42 Å². The van der Waals surface area contributed by atoms with Crippen LogP contribution in [0.25, 0.3) is 0 Å². The quantitative estimate of drug-likeness (QED) is 0.421. The van der Waals surface area contributed by atoms with E-state index in [1.165, 1.54) is 6.07 Å². The maximum Gasteiger partial charge on any atom is 0.127 e. The van der Waals surface area contributed by atoms with Gasteiger partial charge in [0.2, 0.25) is 0 Å². The van der Waals surface area contributed by atoms with Gasteiger partial charge >= 0.3 is 0 Å². The molecular formula is C14H10BrClFI. The Balaban J connectivity index is 2.27. The second-order valence-electron chi connectivity index (χ2n) is 3.89. The molecule has 0 radical (unpaired) electrons. The molecule has 2 aromatic carbocycles. The fourth-order valence-electron chi connectivity index (χ4n) is 1.75. The van der Waals surface area contributed by atoms with Crippen molar-refractivity contribution >= 4 is 50.1 Å². The number of hydrogen-bond donors (Lipinski definition) is 0. The average Bonchev–Trinajstić information content (AvgIpc) is 2.34. The zero-order valence-electron chi connectivity index (χ0n) is 9.34. The van der Waals surface area contributed by atoms with Gasteiger partial charge in [0, 0.05) is 19.0 Å². The minimum atomic E-state index is -0.252. The topological polar surface area (TPSA) is 0 Å². The second-order valence-corrected chi connectivity index (χ2v) is 6.57. The normalized spacial score (nSPS) is 12.4. The maximum absolute atomic E-state index is 13.7. The van der Waals surface area contributed by atoms with E-state index in [9.17, 15) is 4.39 Å². The molecule has 0 aliphatic rings. The first kappa shape index (κ1) is 14.3. The van der Waals surface area contributed by atoms with Crippen LogP contribution in [0.5, 0.6) is 0 Å². The van der Waals surface area contributed by atoms with Crippen LogP contribution < -0.4 is 0 Å². The number of rotatable bonds is 3. The van der Waals surface area contributed by atoms with Crippen molar-refractivity contribution in [2.45, 2.75) is 11.2 Å². The molecule has 0 heterocycles. The number of benzene rings is 2. The van der Waals surface area contributed by atoms with Crippen LogP contribution in [0.1, 0.15) is 16.0 Å². The van der Waals surface area contributed by atoms with Crippen LogP contribution in [0, 0.1) is 9.39 Å². The molecule has 1 unspecified atom stereocenters. The Morgan fingerprint density at radius 2 is 1.89 bits per heavy atom. The van der Waals surface area contributed by atoms with Crippen LogP contribution in [0.2, 0.25) is 5.02 Å². The summed E-state index contributed by atoms with van der Waals surface area (Å²) in [5.74, 6) is -0.252. The lowest BCUT2D eigenvalue weighted by molar-refractivity contribution is 0.608. The van der Waals surface area contributed by atoms with E-state index < -0.39 is 0 Å². The molecule has 0 saturated carbocycles. The summed E-state index contributed by atoms with van der Waals surface area (Å²) in [6.45, 7) is 0. The van der Waals surface area contributed by atoms with Crippen molar-refractivity contribution in [1.29, 1.82) is 0 Å². The minimum absolute atomic E-state index is 0.0556. The van der Waals surface area contributed by atoms with Gasteiger partial charge < -0.3 is 0 Å². The third-order valence-corrected chi connectivity index (χ3v) is 4.84. The molecule has 0 N–H and O–H groups in total. The number of alkyl halides is 1. The molecular weight excluding hydrogens is 429 g/mol. The molecule has 0 amide bonds. The van der Waals surface area contributed by atoms with Gasteiger partial charge in [-0.15, -0.1) is 0 Å². The summed E-state index contributed by atoms with van der Waals surface area (Å²) in [6.07, 6.45) is 0.533. The highest BCUT2D eigenvalue weighted by Crippen LogP contribution is 2.33. The monoisotopic (exact) mass is 438 g/mol.